The van der Waals surface area contributed by atoms with Gasteiger partial charge in [-0.05, 0) is 31.1 Å². The van der Waals surface area contributed by atoms with Gasteiger partial charge in [-0.15, -0.1) is 0 Å². The number of aromatic nitrogens is 4. The van der Waals surface area contributed by atoms with Crippen LogP contribution in [0.25, 0.3) is 11.2 Å². The molecule has 1 fully saturated rings. The molecule has 0 radical (unpaired) electrons. The number of aromatic amines is 1. The van der Waals surface area contributed by atoms with Crippen LogP contribution in [0.15, 0.2) is 9.59 Å². The summed E-state index contributed by atoms with van der Waals surface area (Å²) in [5, 5.41) is 3.19. The van der Waals surface area contributed by atoms with Crippen molar-refractivity contribution in [1.82, 2.24) is 24.4 Å². The molecule has 172 valence electrons. The van der Waals surface area contributed by atoms with E-state index in [0.29, 0.717) is 54.8 Å². The summed E-state index contributed by atoms with van der Waals surface area (Å²) < 4.78 is 3.46. The van der Waals surface area contributed by atoms with Gasteiger partial charge in [0, 0.05) is 32.0 Å². The van der Waals surface area contributed by atoms with Crippen LogP contribution < -0.4 is 16.6 Å². The zero-order valence-corrected chi connectivity index (χ0v) is 19.4. The number of nitrogens with zero attached hydrogens (tertiary/aromatic N) is 3. The van der Waals surface area contributed by atoms with E-state index in [0.717, 1.165) is 32.1 Å². The van der Waals surface area contributed by atoms with E-state index in [9.17, 15) is 14.4 Å². The first kappa shape index (κ1) is 23.3. The number of carbonyl (C=O) groups is 1. The molecule has 2 aromatic heterocycles. The highest BCUT2D eigenvalue weighted by Gasteiger charge is 2.24. The van der Waals surface area contributed by atoms with Crippen LogP contribution in [0.1, 0.15) is 78.5 Å². The molecule has 2 N–H and O–H groups in total. The van der Waals surface area contributed by atoms with Gasteiger partial charge >= 0.3 is 5.69 Å². The number of carbonyl (C=O) groups excluding carboxylic acids is 1. The Labute approximate surface area is 183 Å². The van der Waals surface area contributed by atoms with Crippen molar-refractivity contribution in [2.24, 2.45) is 11.8 Å². The van der Waals surface area contributed by atoms with Crippen molar-refractivity contribution in [3.05, 3.63) is 26.7 Å². The minimum absolute atomic E-state index is 0.0270. The molecule has 1 aliphatic rings. The molecule has 2 aromatic rings. The zero-order chi connectivity index (χ0) is 22.5. The second kappa shape index (κ2) is 10.3. The number of H-pyrrole nitrogens is 1. The number of nitrogens with one attached hydrogen (secondary N) is 2. The number of hydrogen-bond donors (Lipinski definition) is 2. The zero-order valence-electron chi connectivity index (χ0n) is 19.4. The van der Waals surface area contributed by atoms with E-state index in [1.165, 1.54) is 6.42 Å². The number of rotatable bonds is 9. The topological polar surface area (TPSA) is 102 Å². The highest BCUT2D eigenvalue weighted by atomic mass is 16.2. The lowest BCUT2D eigenvalue weighted by Crippen LogP contribution is -2.41. The summed E-state index contributed by atoms with van der Waals surface area (Å²) in [6, 6.07) is 0.248. The molecule has 8 heteroatoms. The lowest BCUT2D eigenvalue weighted by Gasteiger charge is -2.29. The van der Waals surface area contributed by atoms with Crippen LogP contribution in [0.4, 0.5) is 0 Å². The summed E-state index contributed by atoms with van der Waals surface area (Å²) in [6.07, 6.45) is 7.13. The molecule has 1 amide bonds. The fraction of sp³-hybridized carbons (Fsp3) is 0.739. The second-order valence-electron chi connectivity index (χ2n) is 9.40. The molecule has 0 aliphatic heterocycles. The summed E-state index contributed by atoms with van der Waals surface area (Å²) in [5.74, 6) is 1.52. The van der Waals surface area contributed by atoms with E-state index in [1.807, 2.05) is 4.57 Å². The lowest BCUT2D eigenvalue weighted by molar-refractivity contribution is -0.122. The Bertz CT molecular complexity index is 1020. The molecule has 2 unspecified atom stereocenters. The van der Waals surface area contributed by atoms with E-state index in [2.05, 4.69) is 38.0 Å². The van der Waals surface area contributed by atoms with Crippen LogP contribution in [-0.2, 0) is 24.3 Å². The average Bonchev–Trinajstić information content (AvgIpc) is 3.06. The van der Waals surface area contributed by atoms with Gasteiger partial charge in [0.25, 0.3) is 5.56 Å². The monoisotopic (exact) mass is 431 g/mol. The second-order valence-corrected chi connectivity index (χ2v) is 9.40. The summed E-state index contributed by atoms with van der Waals surface area (Å²) in [4.78, 5) is 44.9. The van der Waals surface area contributed by atoms with E-state index < -0.39 is 11.2 Å². The first-order chi connectivity index (χ1) is 14.8. The number of fused-ring (bicyclic) bond motifs is 1. The van der Waals surface area contributed by atoms with Gasteiger partial charge in [0.05, 0.1) is 0 Å². The van der Waals surface area contributed by atoms with Crippen LogP contribution in [-0.4, -0.2) is 31.1 Å². The molecule has 0 spiro atoms. The predicted octanol–water partition coefficient (Wildman–Crippen LogP) is 2.97. The van der Waals surface area contributed by atoms with E-state index in [1.54, 1.807) is 4.57 Å². The highest BCUT2D eigenvalue weighted by molar-refractivity contribution is 5.77. The van der Waals surface area contributed by atoms with Crippen molar-refractivity contribution in [1.29, 1.82) is 0 Å². The van der Waals surface area contributed by atoms with Crippen LogP contribution in [0.2, 0.25) is 0 Å². The maximum absolute atomic E-state index is 12.7. The summed E-state index contributed by atoms with van der Waals surface area (Å²) in [7, 11) is 0. The highest BCUT2D eigenvalue weighted by Crippen LogP contribution is 2.24. The van der Waals surface area contributed by atoms with Gasteiger partial charge < -0.3 is 9.88 Å². The Morgan fingerprint density at radius 2 is 1.97 bits per heavy atom. The Morgan fingerprint density at radius 3 is 2.65 bits per heavy atom. The van der Waals surface area contributed by atoms with Crippen LogP contribution in [0.3, 0.4) is 0 Å². The van der Waals surface area contributed by atoms with Gasteiger partial charge in [-0.2, -0.15) is 0 Å². The third-order valence-electron chi connectivity index (χ3n) is 6.28. The van der Waals surface area contributed by atoms with Crippen molar-refractivity contribution in [2.75, 3.05) is 0 Å². The fourth-order valence-electron chi connectivity index (χ4n) is 4.53. The standard InChI is InChI=1S/C23H37N5O3/c1-5-6-13-27-21-20(22(30)26-23(27)31)28(14-15(2)3)18(25-21)11-12-19(29)24-17-10-8-7-9-16(17)4/h15-17H,5-14H2,1-4H3,(H,24,29)(H,26,30,31). The van der Waals surface area contributed by atoms with Crippen molar-refractivity contribution < 1.29 is 4.79 Å². The number of aryl methyl sites for hydroxylation is 2. The van der Waals surface area contributed by atoms with E-state index in [-0.39, 0.29) is 11.9 Å². The molecular formula is C23H37N5O3. The van der Waals surface area contributed by atoms with Crippen LogP contribution >= 0.6 is 0 Å². The number of amides is 1. The molecule has 1 aliphatic carbocycles. The molecule has 0 bridgehead atoms. The summed E-state index contributed by atoms with van der Waals surface area (Å²) >= 11 is 0. The van der Waals surface area contributed by atoms with Gasteiger partial charge in [0.15, 0.2) is 11.2 Å². The first-order valence-electron chi connectivity index (χ1n) is 11.8. The third-order valence-corrected chi connectivity index (χ3v) is 6.28. The minimum atomic E-state index is -0.421. The quantitative estimate of drug-likeness (QED) is 0.637. The van der Waals surface area contributed by atoms with Gasteiger partial charge in [-0.3, -0.25) is 19.1 Å². The molecule has 8 nitrogen and oxygen atoms in total. The maximum Gasteiger partial charge on any atom is 0.330 e. The minimum Gasteiger partial charge on any atom is -0.353 e. The SMILES string of the molecule is CCCCn1c(=O)[nH]c(=O)c2c1nc(CCC(=O)NC1CCCCC1C)n2CC(C)C. The predicted molar refractivity (Wildman–Crippen MR) is 122 cm³/mol. The molecule has 0 aromatic carbocycles. The first-order valence-corrected chi connectivity index (χ1v) is 11.8. The van der Waals surface area contributed by atoms with Crippen LogP contribution in [0, 0.1) is 11.8 Å². The van der Waals surface area contributed by atoms with Crippen molar-refractivity contribution >= 4 is 17.1 Å². The molecule has 31 heavy (non-hydrogen) atoms. The van der Waals surface area contributed by atoms with Crippen LogP contribution in [0.5, 0.6) is 0 Å². The molecular weight excluding hydrogens is 394 g/mol. The number of hydrogen-bond acceptors (Lipinski definition) is 4. The largest absolute Gasteiger partial charge is 0.353 e. The van der Waals surface area contributed by atoms with E-state index in [4.69, 9.17) is 4.98 Å². The molecule has 2 atom stereocenters. The Balaban J connectivity index is 1.88. The normalized spacial score (nSPS) is 19.3. The Morgan fingerprint density at radius 1 is 1.23 bits per heavy atom. The Kier molecular flexibility index (Phi) is 7.73. The van der Waals surface area contributed by atoms with Gasteiger partial charge in [0.1, 0.15) is 5.82 Å². The summed E-state index contributed by atoms with van der Waals surface area (Å²) in [6.45, 7) is 9.54. The van der Waals surface area contributed by atoms with Gasteiger partial charge in [-0.1, -0.05) is 47.0 Å². The van der Waals surface area contributed by atoms with Gasteiger partial charge in [0.2, 0.25) is 5.91 Å². The molecule has 2 heterocycles. The van der Waals surface area contributed by atoms with Crippen molar-refractivity contribution in [3.63, 3.8) is 0 Å². The van der Waals surface area contributed by atoms with E-state index >= 15 is 0 Å². The lowest BCUT2D eigenvalue weighted by atomic mass is 9.86. The smallest absolute Gasteiger partial charge is 0.330 e. The number of imidazole rings is 1. The van der Waals surface area contributed by atoms with Gasteiger partial charge in [-0.25, -0.2) is 9.78 Å². The number of unbranched alkanes of at least 4 members (excludes halogenated alkanes) is 1. The molecule has 3 rings (SSSR count). The third kappa shape index (κ3) is 5.46. The fourth-order valence-corrected chi connectivity index (χ4v) is 4.53. The van der Waals surface area contributed by atoms with Crippen molar-refractivity contribution in [3.8, 4) is 0 Å². The maximum atomic E-state index is 12.7. The Hall–Kier alpha value is -2.38. The average molecular weight is 432 g/mol. The summed E-state index contributed by atoms with van der Waals surface area (Å²) in [5.41, 5.74) is 0.0308. The molecule has 0 saturated heterocycles. The molecule has 1 saturated carbocycles. The van der Waals surface area contributed by atoms with Crippen molar-refractivity contribution in [2.45, 2.75) is 98.2 Å².